The molecule has 0 saturated carbocycles. The van der Waals surface area contributed by atoms with Gasteiger partial charge in [-0.15, -0.1) is 0 Å². The predicted molar refractivity (Wildman–Crippen MR) is 71.3 cm³/mol. The van der Waals surface area contributed by atoms with E-state index in [0.29, 0.717) is 6.54 Å². The second-order valence-electron chi connectivity index (χ2n) is 4.18. The van der Waals surface area contributed by atoms with E-state index in [1.165, 1.54) is 0 Å². The highest BCUT2D eigenvalue weighted by molar-refractivity contribution is 7.96. The van der Waals surface area contributed by atoms with E-state index >= 15 is 0 Å². The molecule has 1 aromatic heterocycles. The van der Waals surface area contributed by atoms with E-state index in [-0.39, 0.29) is 5.24 Å². The molecular weight excluding hydrogens is 234 g/mol. The van der Waals surface area contributed by atoms with Gasteiger partial charge in [0.1, 0.15) is 5.82 Å². The van der Waals surface area contributed by atoms with Gasteiger partial charge < -0.3 is 9.47 Å². The Kier molecular flexibility index (Phi) is 3.11. The first kappa shape index (κ1) is 12.0. The Bertz CT molecular complexity index is 576. The first-order valence-corrected chi connectivity index (χ1v) is 5.80. The van der Waals surface area contributed by atoms with E-state index < -0.39 is 0 Å². The molecule has 1 aromatic carbocycles. The quantitative estimate of drug-likeness (QED) is 0.830. The average molecular weight is 249 g/mol. The zero-order chi connectivity index (χ0) is 12.6. The van der Waals surface area contributed by atoms with Crippen molar-refractivity contribution in [1.29, 1.82) is 0 Å². The summed E-state index contributed by atoms with van der Waals surface area (Å²) in [5.41, 5.74) is 3.12. The lowest BCUT2D eigenvalue weighted by Crippen LogP contribution is -2.20. The van der Waals surface area contributed by atoms with Crippen LogP contribution in [-0.2, 0) is 13.6 Å². The summed E-state index contributed by atoms with van der Waals surface area (Å²) < 4.78 is 2.05. The summed E-state index contributed by atoms with van der Waals surface area (Å²) >= 11 is 3.78. The molecule has 0 N–H and O–H groups in total. The minimum atomic E-state index is -0.234. The lowest BCUT2D eigenvalue weighted by atomic mass is 10.2. The lowest BCUT2D eigenvalue weighted by Gasteiger charge is -2.13. The average Bonchev–Trinajstić information content (AvgIpc) is 2.54. The van der Waals surface area contributed by atoms with Gasteiger partial charge in [0, 0.05) is 20.6 Å². The van der Waals surface area contributed by atoms with Crippen LogP contribution in [0.2, 0.25) is 0 Å². The Hall–Kier alpha value is -1.49. The molecule has 1 heterocycles. The summed E-state index contributed by atoms with van der Waals surface area (Å²) in [5.74, 6) is 0.982. The zero-order valence-corrected chi connectivity index (χ0v) is 11.0. The van der Waals surface area contributed by atoms with Crippen LogP contribution in [0.15, 0.2) is 18.2 Å². The highest BCUT2D eigenvalue weighted by Gasteiger charge is 2.07. The summed E-state index contributed by atoms with van der Waals surface area (Å²) in [7, 11) is 3.72. The topological polar surface area (TPSA) is 38.1 Å². The van der Waals surface area contributed by atoms with E-state index in [1.54, 1.807) is 11.9 Å². The number of fused-ring (bicyclic) bond motifs is 1. The minimum absolute atomic E-state index is 0.234. The maximum atomic E-state index is 11.0. The Morgan fingerprint density at radius 2 is 2.24 bits per heavy atom. The van der Waals surface area contributed by atoms with Crippen molar-refractivity contribution in [3.05, 3.63) is 29.6 Å². The van der Waals surface area contributed by atoms with Crippen molar-refractivity contribution >= 4 is 28.9 Å². The number of amides is 1. The number of aromatic nitrogens is 2. The third-order valence-corrected chi connectivity index (χ3v) is 3.26. The largest absolute Gasteiger partial charge is 0.333 e. The molecule has 0 fully saturated rings. The van der Waals surface area contributed by atoms with Gasteiger partial charge in [-0.3, -0.25) is 4.79 Å². The minimum Gasteiger partial charge on any atom is -0.333 e. The highest BCUT2D eigenvalue weighted by Crippen LogP contribution is 2.17. The fourth-order valence-electron chi connectivity index (χ4n) is 1.81. The van der Waals surface area contributed by atoms with Gasteiger partial charge in [0.2, 0.25) is 0 Å². The Balaban J connectivity index is 2.35. The van der Waals surface area contributed by atoms with Crippen molar-refractivity contribution in [2.45, 2.75) is 13.5 Å². The number of aryl methyl sites for hydroxylation is 2. The van der Waals surface area contributed by atoms with Crippen LogP contribution in [0.3, 0.4) is 0 Å². The van der Waals surface area contributed by atoms with Crippen LogP contribution in [0.25, 0.3) is 11.0 Å². The number of nitrogens with zero attached hydrogens (tertiary/aromatic N) is 3. The predicted octanol–water partition coefficient (Wildman–Crippen LogP) is 2.36. The SMILES string of the molecule is Cc1nc2cc(CN(C)C(=O)S)ccc2n1C. The molecular formula is C12H15N3OS. The molecule has 5 heteroatoms. The molecule has 2 aromatic rings. The summed E-state index contributed by atoms with van der Waals surface area (Å²) in [6.07, 6.45) is 0. The smallest absolute Gasteiger partial charge is 0.278 e. The molecule has 4 nitrogen and oxygen atoms in total. The van der Waals surface area contributed by atoms with Gasteiger partial charge >= 0.3 is 0 Å². The van der Waals surface area contributed by atoms with Crippen molar-refractivity contribution in [3.8, 4) is 0 Å². The second kappa shape index (κ2) is 4.41. The van der Waals surface area contributed by atoms with Crippen LogP contribution in [0, 0.1) is 6.92 Å². The van der Waals surface area contributed by atoms with Gasteiger partial charge in [-0.05, 0) is 24.6 Å². The molecule has 0 atom stereocenters. The van der Waals surface area contributed by atoms with Crippen LogP contribution in [-0.4, -0.2) is 26.7 Å². The molecule has 0 unspecified atom stereocenters. The van der Waals surface area contributed by atoms with E-state index in [4.69, 9.17) is 0 Å². The number of thiol groups is 1. The zero-order valence-electron chi connectivity index (χ0n) is 10.1. The standard InChI is InChI=1S/C12H15N3OS/c1-8-13-10-6-9(7-14(2)12(16)17)4-5-11(10)15(8)3/h4-6H,7H2,1-3H3,(H,16,17). The Labute approximate surface area is 106 Å². The molecule has 0 aliphatic rings. The Morgan fingerprint density at radius 1 is 1.53 bits per heavy atom. The number of imidazole rings is 1. The second-order valence-corrected chi connectivity index (χ2v) is 4.56. The summed E-state index contributed by atoms with van der Waals surface area (Å²) in [6, 6.07) is 6.05. The molecule has 0 spiro atoms. The van der Waals surface area contributed by atoms with Gasteiger partial charge in [0.05, 0.1) is 11.0 Å². The molecule has 0 bridgehead atoms. The summed E-state index contributed by atoms with van der Waals surface area (Å²) in [6.45, 7) is 2.52. The normalized spacial score (nSPS) is 10.8. The molecule has 1 amide bonds. The number of carbonyl (C=O) groups is 1. The maximum Gasteiger partial charge on any atom is 0.278 e. The first-order valence-electron chi connectivity index (χ1n) is 5.35. The molecule has 0 radical (unpaired) electrons. The van der Waals surface area contributed by atoms with E-state index in [9.17, 15) is 4.79 Å². The third kappa shape index (κ3) is 2.29. The number of rotatable bonds is 2. The van der Waals surface area contributed by atoms with Crippen molar-refractivity contribution < 1.29 is 4.79 Å². The van der Waals surface area contributed by atoms with Gasteiger partial charge in [-0.2, -0.15) is 0 Å². The van der Waals surface area contributed by atoms with Gasteiger partial charge in [0.15, 0.2) is 0 Å². The molecule has 90 valence electrons. The fraction of sp³-hybridized carbons (Fsp3) is 0.333. The van der Waals surface area contributed by atoms with E-state index in [2.05, 4.69) is 17.6 Å². The van der Waals surface area contributed by atoms with Crippen molar-refractivity contribution in [1.82, 2.24) is 14.5 Å². The van der Waals surface area contributed by atoms with Crippen molar-refractivity contribution in [3.63, 3.8) is 0 Å². The molecule has 0 saturated heterocycles. The first-order chi connectivity index (χ1) is 7.99. The van der Waals surface area contributed by atoms with Crippen LogP contribution < -0.4 is 0 Å². The van der Waals surface area contributed by atoms with E-state index in [1.807, 2.05) is 36.7 Å². The third-order valence-electron chi connectivity index (χ3n) is 2.92. The van der Waals surface area contributed by atoms with Crippen LogP contribution >= 0.6 is 12.6 Å². The van der Waals surface area contributed by atoms with Crippen LogP contribution in [0.4, 0.5) is 4.79 Å². The van der Waals surface area contributed by atoms with Gasteiger partial charge in [-0.25, -0.2) is 4.98 Å². The van der Waals surface area contributed by atoms with Crippen molar-refractivity contribution in [2.24, 2.45) is 7.05 Å². The van der Waals surface area contributed by atoms with Crippen molar-refractivity contribution in [2.75, 3.05) is 7.05 Å². The van der Waals surface area contributed by atoms with Gasteiger partial charge in [-0.1, -0.05) is 18.7 Å². The Morgan fingerprint density at radius 3 is 2.88 bits per heavy atom. The molecule has 2 rings (SSSR count). The molecule has 0 aliphatic heterocycles. The van der Waals surface area contributed by atoms with E-state index in [0.717, 1.165) is 22.4 Å². The summed E-state index contributed by atoms with van der Waals surface area (Å²) in [4.78, 5) is 17.1. The van der Waals surface area contributed by atoms with Crippen LogP contribution in [0.1, 0.15) is 11.4 Å². The number of carbonyl (C=O) groups excluding carboxylic acids is 1. The number of hydrogen-bond donors (Lipinski definition) is 1. The molecule has 0 aliphatic carbocycles. The van der Waals surface area contributed by atoms with Gasteiger partial charge in [0.25, 0.3) is 5.24 Å². The monoisotopic (exact) mass is 249 g/mol. The lowest BCUT2D eigenvalue weighted by molar-refractivity contribution is 0.232. The number of hydrogen-bond acceptors (Lipinski definition) is 2. The van der Waals surface area contributed by atoms with Crippen LogP contribution in [0.5, 0.6) is 0 Å². The highest BCUT2D eigenvalue weighted by atomic mass is 32.1. The number of benzene rings is 1. The molecule has 17 heavy (non-hydrogen) atoms. The maximum absolute atomic E-state index is 11.0. The fourth-order valence-corrected chi connectivity index (χ4v) is 1.88. The summed E-state index contributed by atoms with van der Waals surface area (Å²) in [5, 5.41) is -0.234.